The van der Waals surface area contributed by atoms with Crippen LogP contribution in [0.5, 0.6) is 0 Å². The zero-order valence-electron chi connectivity index (χ0n) is 7.77. The van der Waals surface area contributed by atoms with E-state index in [2.05, 4.69) is 5.43 Å². The second-order valence-corrected chi connectivity index (χ2v) is 3.55. The molecule has 13 heavy (non-hydrogen) atoms. The van der Waals surface area contributed by atoms with E-state index < -0.39 is 5.41 Å². The van der Waals surface area contributed by atoms with Crippen LogP contribution in [0.25, 0.3) is 0 Å². The molecule has 1 heterocycles. The van der Waals surface area contributed by atoms with E-state index in [9.17, 15) is 0 Å². The molecular formula is C9H16N2O2. The summed E-state index contributed by atoms with van der Waals surface area (Å²) < 4.78 is 1.80. The number of aromatic nitrogens is 1. The summed E-state index contributed by atoms with van der Waals surface area (Å²) in [5.41, 5.74) is 2.60. The number of hydrogen-bond donors (Lipinski definition) is 3. The smallest absolute Gasteiger partial charge is 0.0524 e. The van der Waals surface area contributed by atoms with E-state index in [1.807, 2.05) is 31.5 Å². The normalized spacial score (nSPS) is 11.6. The van der Waals surface area contributed by atoms with Gasteiger partial charge in [-0.2, -0.15) is 0 Å². The molecule has 0 aliphatic rings. The molecule has 0 fully saturated rings. The van der Waals surface area contributed by atoms with E-state index in [-0.39, 0.29) is 13.2 Å². The molecule has 1 aromatic rings. The quantitative estimate of drug-likeness (QED) is 0.605. The lowest BCUT2D eigenvalue weighted by Gasteiger charge is -2.25. The Labute approximate surface area is 77.8 Å². The lowest BCUT2D eigenvalue weighted by atomic mass is 9.93. The van der Waals surface area contributed by atoms with Gasteiger partial charge in [0.15, 0.2) is 0 Å². The minimum atomic E-state index is -0.468. The second kappa shape index (κ2) is 4.30. The van der Waals surface area contributed by atoms with Crippen LogP contribution >= 0.6 is 0 Å². The summed E-state index contributed by atoms with van der Waals surface area (Å²) in [5.74, 6) is 0. The lowest BCUT2D eigenvalue weighted by Crippen LogP contribution is -2.36. The largest absolute Gasteiger partial charge is 0.396 e. The highest BCUT2D eigenvalue weighted by molar-refractivity contribution is 4.94. The van der Waals surface area contributed by atoms with Crippen LogP contribution in [-0.2, 0) is 0 Å². The Kier molecular flexibility index (Phi) is 3.33. The molecule has 0 amide bonds. The van der Waals surface area contributed by atoms with Gasteiger partial charge in [-0.25, -0.2) is 0 Å². The predicted molar refractivity (Wildman–Crippen MR) is 50.9 cm³/mol. The first-order valence-electron chi connectivity index (χ1n) is 4.29. The fraction of sp³-hybridized carbons (Fsp3) is 0.556. The van der Waals surface area contributed by atoms with Gasteiger partial charge in [-0.1, -0.05) is 6.92 Å². The molecule has 4 heteroatoms. The Morgan fingerprint density at radius 1 is 1.23 bits per heavy atom. The highest BCUT2D eigenvalue weighted by atomic mass is 16.3. The van der Waals surface area contributed by atoms with Crippen molar-refractivity contribution < 1.29 is 10.2 Å². The number of rotatable bonds is 5. The lowest BCUT2D eigenvalue weighted by molar-refractivity contribution is 0.0785. The Hall–Kier alpha value is -1.00. The van der Waals surface area contributed by atoms with Crippen LogP contribution in [0.15, 0.2) is 24.5 Å². The van der Waals surface area contributed by atoms with Gasteiger partial charge < -0.3 is 15.6 Å². The van der Waals surface area contributed by atoms with E-state index in [0.717, 1.165) is 0 Å². The molecule has 0 aliphatic carbocycles. The SMILES string of the molecule is CC(CO)(CO)CNn1cccc1. The van der Waals surface area contributed by atoms with Crippen LogP contribution in [0.1, 0.15) is 6.92 Å². The van der Waals surface area contributed by atoms with Crippen molar-refractivity contribution in [2.45, 2.75) is 6.92 Å². The van der Waals surface area contributed by atoms with Gasteiger partial charge in [-0.05, 0) is 12.1 Å². The van der Waals surface area contributed by atoms with E-state index in [1.54, 1.807) is 4.68 Å². The standard InChI is InChI=1S/C9H16N2O2/c1-9(7-12,8-13)6-10-11-4-2-3-5-11/h2-5,10,12-13H,6-8H2,1H3. The number of nitrogens with one attached hydrogen (secondary N) is 1. The number of hydrogen-bond acceptors (Lipinski definition) is 3. The highest BCUT2D eigenvalue weighted by Crippen LogP contribution is 2.12. The van der Waals surface area contributed by atoms with Crippen molar-refractivity contribution in [3.63, 3.8) is 0 Å². The van der Waals surface area contributed by atoms with Crippen molar-refractivity contribution in [2.24, 2.45) is 5.41 Å². The van der Waals surface area contributed by atoms with Crippen LogP contribution in [-0.4, -0.2) is 34.6 Å². The van der Waals surface area contributed by atoms with E-state index >= 15 is 0 Å². The zero-order valence-corrected chi connectivity index (χ0v) is 7.77. The molecule has 74 valence electrons. The number of aliphatic hydroxyl groups is 2. The van der Waals surface area contributed by atoms with Crippen molar-refractivity contribution in [1.29, 1.82) is 0 Å². The van der Waals surface area contributed by atoms with Gasteiger partial charge in [0.1, 0.15) is 0 Å². The van der Waals surface area contributed by atoms with Gasteiger partial charge in [0.2, 0.25) is 0 Å². The van der Waals surface area contributed by atoms with Gasteiger partial charge >= 0.3 is 0 Å². The minimum Gasteiger partial charge on any atom is -0.396 e. The van der Waals surface area contributed by atoms with E-state index in [0.29, 0.717) is 6.54 Å². The fourth-order valence-electron chi connectivity index (χ4n) is 0.884. The first-order valence-corrected chi connectivity index (χ1v) is 4.29. The van der Waals surface area contributed by atoms with Gasteiger partial charge in [0, 0.05) is 24.4 Å². The third-order valence-corrected chi connectivity index (χ3v) is 2.06. The van der Waals surface area contributed by atoms with Crippen molar-refractivity contribution in [3.05, 3.63) is 24.5 Å². The van der Waals surface area contributed by atoms with Crippen LogP contribution in [0.4, 0.5) is 0 Å². The van der Waals surface area contributed by atoms with Gasteiger partial charge in [0.05, 0.1) is 13.2 Å². The van der Waals surface area contributed by atoms with Crippen LogP contribution in [0, 0.1) is 5.41 Å². The monoisotopic (exact) mass is 184 g/mol. The van der Waals surface area contributed by atoms with E-state index in [1.165, 1.54) is 0 Å². The predicted octanol–water partition coefficient (Wildman–Crippen LogP) is 0.0225. The fourth-order valence-corrected chi connectivity index (χ4v) is 0.884. The summed E-state index contributed by atoms with van der Waals surface area (Å²) in [6, 6.07) is 3.81. The molecule has 0 unspecified atom stereocenters. The van der Waals surface area contributed by atoms with Crippen molar-refractivity contribution >= 4 is 0 Å². The summed E-state index contributed by atoms with van der Waals surface area (Å²) in [7, 11) is 0. The Morgan fingerprint density at radius 2 is 1.77 bits per heavy atom. The molecule has 4 nitrogen and oxygen atoms in total. The molecule has 0 bridgehead atoms. The maximum Gasteiger partial charge on any atom is 0.0524 e. The van der Waals surface area contributed by atoms with Gasteiger partial charge in [-0.3, -0.25) is 4.68 Å². The summed E-state index contributed by atoms with van der Waals surface area (Å²) in [4.78, 5) is 0. The highest BCUT2D eigenvalue weighted by Gasteiger charge is 2.21. The Bertz CT molecular complexity index is 230. The summed E-state index contributed by atoms with van der Waals surface area (Å²) in [6.45, 7) is 2.30. The molecule has 1 aromatic heterocycles. The molecular weight excluding hydrogens is 168 g/mol. The molecule has 0 radical (unpaired) electrons. The average Bonchev–Trinajstić information content (AvgIpc) is 2.67. The average molecular weight is 184 g/mol. The van der Waals surface area contributed by atoms with Crippen molar-refractivity contribution in [2.75, 3.05) is 25.2 Å². The van der Waals surface area contributed by atoms with Gasteiger partial charge in [-0.15, -0.1) is 0 Å². The van der Waals surface area contributed by atoms with Gasteiger partial charge in [0.25, 0.3) is 0 Å². The van der Waals surface area contributed by atoms with Crippen LogP contribution in [0.2, 0.25) is 0 Å². The molecule has 0 aliphatic heterocycles. The maximum absolute atomic E-state index is 9.00. The molecule has 0 atom stereocenters. The van der Waals surface area contributed by atoms with Crippen LogP contribution < -0.4 is 5.43 Å². The third kappa shape index (κ3) is 2.75. The number of aliphatic hydroxyl groups excluding tert-OH is 2. The molecule has 3 N–H and O–H groups in total. The minimum absolute atomic E-state index is 0.0300. The maximum atomic E-state index is 9.00. The molecule has 1 rings (SSSR count). The Balaban J connectivity index is 2.41. The summed E-state index contributed by atoms with van der Waals surface area (Å²) >= 11 is 0. The molecule has 0 saturated heterocycles. The molecule has 0 spiro atoms. The zero-order chi connectivity index (χ0) is 9.73. The van der Waals surface area contributed by atoms with Crippen molar-refractivity contribution in [3.8, 4) is 0 Å². The summed E-state index contributed by atoms with van der Waals surface area (Å²) in [5, 5.41) is 18.0. The first-order chi connectivity index (χ1) is 6.20. The Morgan fingerprint density at radius 3 is 2.23 bits per heavy atom. The van der Waals surface area contributed by atoms with E-state index in [4.69, 9.17) is 10.2 Å². The molecule has 0 saturated carbocycles. The third-order valence-electron chi connectivity index (χ3n) is 2.06. The van der Waals surface area contributed by atoms with Crippen LogP contribution in [0.3, 0.4) is 0 Å². The molecule has 0 aromatic carbocycles. The van der Waals surface area contributed by atoms with Crippen molar-refractivity contribution in [1.82, 2.24) is 4.68 Å². The summed E-state index contributed by atoms with van der Waals surface area (Å²) in [6.07, 6.45) is 3.74. The number of nitrogens with zero attached hydrogens (tertiary/aromatic N) is 1. The second-order valence-electron chi connectivity index (χ2n) is 3.55. The topological polar surface area (TPSA) is 57.4 Å². The first kappa shape index (κ1) is 10.1.